The van der Waals surface area contributed by atoms with Gasteiger partial charge in [-0.05, 0) is 49.6 Å². The standard InChI is InChI=1S/C25H21N3O2/c1-17-15-16-18-9-5-8-14-22(18)27(17)25(30)23-20-12-6-7-13-21(20)24(29)28(26-23)19-10-3-2-4-11-19/h2-14,17H,15-16H2,1H3/t17-/m0/s1. The zero-order valence-corrected chi connectivity index (χ0v) is 16.7. The lowest BCUT2D eigenvalue weighted by atomic mass is 9.96. The number of aryl methyl sites for hydroxylation is 1. The summed E-state index contributed by atoms with van der Waals surface area (Å²) in [6.07, 6.45) is 1.83. The highest BCUT2D eigenvalue weighted by molar-refractivity contribution is 6.13. The Morgan fingerprint density at radius 3 is 2.37 bits per heavy atom. The van der Waals surface area contributed by atoms with Crippen LogP contribution >= 0.6 is 0 Å². The van der Waals surface area contributed by atoms with E-state index in [2.05, 4.69) is 18.1 Å². The van der Waals surface area contributed by atoms with E-state index in [0.717, 1.165) is 24.1 Å². The van der Waals surface area contributed by atoms with Gasteiger partial charge in [0.1, 0.15) is 0 Å². The minimum atomic E-state index is -0.236. The van der Waals surface area contributed by atoms with E-state index in [1.165, 1.54) is 4.68 Å². The van der Waals surface area contributed by atoms with E-state index in [0.29, 0.717) is 16.5 Å². The summed E-state index contributed by atoms with van der Waals surface area (Å²) >= 11 is 0. The van der Waals surface area contributed by atoms with Crippen LogP contribution in [0.5, 0.6) is 0 Å². The molecule has 5 heteroatoms. The average molecular weight is 395 g/mol. The Bertz CT molecular complexity index is 1310. The van der Waals surface area contributed by atoms with Crippen LogP contribution in [0.4, 0.5) is 5.69 Å². The summed E-state index contributed by atoms with van der Waals surface area (Å²) in [5.74, 6) is -0.185. The second kappa shape index (κ2) is 7.26. The first-order valence-corrected chi connectivity index (χ1v) is 10.1. The topological polar surface area (TPSA) is 55.2 Å². The van der Waals surface area contributed by atoms with Gasteiger partial charge < -0.3 is 4.90 Å². The zero-order valence-electron chi connectivity index (χ0n) is 16.7. The number of hydrogen-bond donors (Lipinski definition) is 0. The molecule has 0 fully saturated rings. The molecule has 1 amide bonds. The fourth-order valence-corrected chi connectivity index (χ4v) is 4.20. The normalized spacial score (nSPS) is 15.8. The maximum absolute atomic E-state index is 13.8. The third-order valence-corrected chi connectivity index (χ3v) is 5.75. The van der Waals surface area contributed by atoms with Crippen molar-refractivity contribution >= 4 is 22.4 Å². The number of amides is 1. The molecule has 0 unspecified atom stereocenters. The van der Waals surface area contributed by atoms with Gasteiger partial charge >= 0.3 is 0 Å². The molecule has 0 saturated heterocycles. The molecular weight excluding hydrogens is 374 g/mol. The van der Waals surface area contributed by atoms with E-state index in [-0.39, 0.29) is 23.2 Å². The molecule has 0 bridgehead atoms. The van der Waals surface area contributed by atoms with Crippen molar-refractivity contribution in [1.29, 1.82) is 0 Å². The molecule has 0 N–H and O–H groups in total. The smallest absolute Gasteiger partial charge is 0.279 e. The van der Waals surface area contributed by atoms with Crippen LogP contribution in [0.1, 0.15) is 29.4 Å². The van der Waals surface area contributed by atoms with Gasteiger partial charge in [-0.2, -0.15) is 9.78 Å². The highest BCUT2D eigenvalue weighted by atomic mass is 16.2. The monoisotopic (exact) mass is 395 g/mol. The van der Waals surface area contributed by atoms with Crippen molar-refractivity contribution in [2.24, 2.45) is 0 Å². The molecule has 2 heterocycles. The number of para-hydroxylation sites is 2. The van der Waals surface area contributed by atoms with E-state index in [1.807, 2.05) is 65.6 Å². The van der Waals surface area contributed by atoms with Crippen molar-refractivity contribution in [1.82, 2.24) is 9.78 Å². The summed E-state index contributed by atoms with van der Waals surface area (Å²) < 4.78 is 1.33. The lowest BCUT2D eigenvalue weighted by Crippen LogP contribution is -2.43. The molecule has 5 nitrogen and oxygen atoms in total. The highest BCUT2D eigenvalue weighted by Gasteiger charge is 2.31. The lowest BCUT2D eigenvalue weighted by molar-refractivity contribution is 0.0970. The molecule has 1 aliphatic heterocycles. The molecule has 1 atom stereocenters. The Labute approximate surface area is 174 Å². The largest absolute Gasteiger partial charge is 0.304 e. The summed E-state index contributed by atoms with van der Waals surface area (Å²) in [6, 6.07) is 24.5. The molecule has 0 aliphatic carbocycles. The van der Waals surface area contributed by atoms with Crippen LogP contribution in [-0.2, 0) is 6.42 Å². The Hall–Kier alpha value is -3.73. The molecular formula is C25H21N3O2. The first-order valence-electron chi connectivity index (χ1n) is 10.1. The number of carbonyl (C=O) groups is 1. The molecule has 4 aromatic rings. The van der Waals surface area contributed by atoms with Crippen molar-refractivity contribution in [2.45, 2.75) is 25.8 Å². The number of rotatable bonds is 2. The molecule has 0 radical (unpaired) electrons. The summed E-state index contributed by atoms with van der Waals surface area (Å²) in [5.41, 5.74) is 2.77. The number of fused-ring (bicyclic) bond motifs is 2. The van der Waals surface area contributed by atoms with Gasteiger partial charge in [0.25, 0.3) is 11.5 Å². The van der Waals surface area contributed by atoms with E-state index in [1.54, 1.807) is 12.1 Å². The summed E-state index contributed by atoms with van der Waals surface area (Å²) in [5, 5.41) is 5.63. The average Bonchev–Trinajstić information content (AvgIpc) is 2.79. The van der Waals surface area contributed by atoms with E-state index >= 15 is 0 Å². The van der Waals surface area contributed by atoms with Gasteiger partial charge in [-0.3, -0.25) is 9.59 Å². The Kier molecular flexibility index (Phi) is 4.43. The van der Waals surface area contributed by atoms with Crippen LogP contribution < -0.4 is 10.5 Å². The first-order chi connectivity index (χ1) is 14.6. The van der Waals surface area contributed by atoms with Crippen molar-refractivity contribution in [3.63, 3.8) is 0 Å². The maximum atomic E-state index is 13.8. The van der Waals surface area contributed by atoms with Crippen molar-refractivity contribution in [3.8, 4) is 5.69 Å². The molecule has 0 spiro atoms. The predicted molar refractivity (Wildman–Crippen MR) is 118 cm³/mol. The van der Waals surface area contributed by atoms with E-state index in [9.17, 15) is 9.59 Å². The molecule has 30 heavy (non-hydrogen) atoms. The van der Waals surface area contributed by atoms with Crippen molar-refractivity contribution in [2.75, 3.05) is 4.90 Å². The molecule has 0 saturated carbocycles. The van der Waals surface area contributed by atoms with Gasteiger partial charge in [0, 0.05) is 17.1 Å². The minimum Gasteiger partial charge on any atom is -0.304 e. The van der Waals surface area contributed by atoms with Crippen LogP contribution in [0.2, 0.25) is 0 Å². The van der Waals surface area contributed by atoms with Crippen molar-refractivity contribution in [3.05, 3.63) is 100 Å². The van der Waals surface area contributed by atoms with Gasteiger partial charge in [-0.25, -0.2) is 0 Å². The summed E-state index contributed by atoms with van der Waals surface area (Å²) in [7, 11) is 0. The fourth-order valence-electron chi connectivity index (χ4n) is 4.20. The lowest BCUT2D eigenvalue weighted by Gasteiger charge is -2.35. The summed E-state index contributed by atoms with van der Waals surface area (Å²) in [6.45, 7) is 2.06. The summed E-state index contributed by atoms with van der Waals surface area (Å²) in [4.78, 5) is 28.8. The zero-order chi connectivity index (χ0) is 20.7. The third kappa shape index (κ3) is 2.90. The number of carbonyl (C=O) groups excluding carboxylic acids is 1. The van der Waals surface area contributed by atoms with Crippen LogP contribution in [0.3, 0.4) is 0 Å². The number of benzene rings is 3. The number of nitrogens with zero attached hydrogens (tertiary/aromatic N) is 3. The SMILES string of the molecule is C[C@H]1CCc2ccccc2N1C(=O)c1nn(-c2ccccc2)c(=O)c2ccccc12. The van der Waals surface area contributed by atoms with Gasteiger partial charge in [0.15, 0.2) is 5.69 Å². The first kappa shape index (κ1) is 18.3. The van der Waals surface area contributed by atoms with Crippen LogP contribution in [-0.4, -0.2) is 21.7 Å². The highest BCUT2D eigenvalue weighted by Crippen LogP contribution is 2.32. The van der Waals surface area contributed by atoms with Gasteiger partial charge in [0.2, 0.25) is 0 Å². The molecule has 1 aromatic heterocycles. The van der Waals surface area contributed by atoms with Crippen LogP contribution in [0, 0.1) is 0 Å². The molecule has 148 valence electrons. The van der Waals surface area contributed by atoms with E-state index in [4.69, 9.17) is 0 Å². The Morgan fingerprint density at radius 1 is 0.900 bits per heavy atom. The van der Waals surface area contributed by atoms with Crippen LogP contribution in [0.15, 0.2) is 83.7 Å². The van der Waals surface area contributed by atoms with Gasteiger partial charge in [-0.15, -0.1) is 0 Å². The molecule has 1 aliphatic rings. The molecule has 3 aromatic carbocycles. The Morgan fingerprint density at radius 2 is 1.57 bits per heavy atom. The predicted octanol–water partition coefficient (Wildman–Crippen LogP) is 4.37. The minimum absolute atomic E-state index is 0.0464. The van der Waals surface area contributed by atoms with E-state index < -0.39 is 0 Å². The molecule has 5 rings (SSSR count). The van der Waals surface area contributed by atoms with Crippen LogP contribution in [0.25, 0.3) is 16.5 Å². The quantitative estimate of drug-likeness (QED) is 0.507. The maximum Gasteiger partial charge on any atom is 0.279 e. The Balaban J connectivity index is 1.74. The van der Waals surface area contributed by atoms with Gasteiger partial charge in [-0.1, -0.05) is 54.6 Å². The third-order valence-electron chi connectivity index (χ3n) is 5.75. The number of aromatic nitrogens is 2. The van der Waals surface area contributed by atoms with Gasteiger partial charge in [0.05, 0.1) is 11.1 Å². The second-order valence-corrected chi connectivity index (χ2v) is 7.64. The fraction of sp³-hybridized carbons (Fsp3) is 0.160. The second-order valence-electron chi connectivity index (χ2n) is 7.64. The van der Waals surface area contributed by atoms with Crippen molar-refractivity contribution < 1.29 is 4.79 Å². The number of anilines is 1. The number of hydrogen-bond acceptors (Lipinski definition) is 3.